The molecule has 0 aromatic carbocycles. The van der Waals surface area contributed by atoms with E-state index in [-0.39, 0.29) is 0 Å². The van der Waals surface area contributed by atoms with Crippen molar-refractivity contribution >= 4 is 28.2 Å². The van der Waals surface area contributed by atoms with Gasteiger partial charge in [0, 0.05) is 43.5 Å². The molecular formula is C11H21N3S2. The fraction of sp³-hybridized carbons (Fsp3) is 0.727. The Morgan fingerprint density at radius 1 is 1.56 bits per heavy atom. The van der Waals surface area contributed by atoms with Crippen molar-refractivity contribution in [2.75, 3.05) is 31.0 Å². The van der Waals surface area contributed by atoms with Crippen LogP contribution in [0.2, 0.25) is 0 Å². The molecule has 0 bridgehead atoms. The second-order valence-electron chi connectivity index (χ2n) is 3.94. The van der Waals surface area contributed by atoms with Gasteiger partial charge in [-0.15, -0.1) is 11.3 Å². The zero-order valence-electron chi connectivity index (χ0n) is 10.5. The molecule has 0 spiro atoms. The summed E-state index contributed by atoms with van der Waals surface area (Å²) >= 11 is 3.65. The van der Waals surface area contributed by atoms with Crippen molar-refractivity contribution in [3.05, 3.63) is 11.1 Å². The topological polar surface area (TPSA) is 28.2 Å². The van der Waals surface area contributed by atoms with Crippen LogP contribution >= 0.6 is 23.1 Å². The van der Waals surface area contributed by atoms with Gasteiger partial charge in [0.1, 0.15) is 0 Å². The van der Waals surface area contributed by atoms with Gasteiger partial charge in [0.25, 0.3) is 0 Å². The fourth-order valence-electron chi connectivity index (χ4n) is 1.35. The summed E-state index contributed by atoms with van der Waals surface area (Å²) in [7, 11) is 4.05. The highest BCUT2D eigenvalue weighted by atomic mass is 32.2. The first-order valence-corrected chi connectivity index (χ1v) is 7.72. The average Bonchev–Trinajstić information content (AvgIpc) is 2.73. The van der Waals surface area contributed by atoms with E-state index in [4.69, 9.17) is 0 Å². The average molecular weight is 259 g/mol. The highest BCUT2D eigenvalue weighted by Crippen LogP contribution is 2.20. The number of aromatic nitrogens is 1. The van der Waals surface area contributed by atoms with Crippen molar-refractivity contribution in [3.63, 3.8) is 0 Å². The van der Waals surface area contributed by atoms with E-state index in [0.717, 1.165) is 11.7 Å². The summed E-state index contributed by atoms with van der Waals surface area (Å²) in [5.41, 5.74) is 0. The van der Waals surface area contributed by atoms with Crippen molar-refractivity contribution in [2.45, 2.75) is 25.9 Å². The number of thiazole rings is 1. The fourth-order valence-corrected chi connectivity index (χ4v) is 2.89. The molecule has 0 aliphatic carbocycles. The largest absolute Gasteiger partial charge is 0.354 e. The molecule has 1 N–H and O–H groups in total. The molecule has 1 aromatic rings. The van der Waals surface area contributed by atoms with Crippen LogP contribution in [0.5, 0.6) is 0 Å². The molecule has 1 aromatic heterocycles. The van der Waals surface area contributed by atoms with E-state index in [0.29, 0.717) is 6.04 Å². The molecular weight excluding hydrogens is 238 g/mol. The Morgan fingerprint density at radius 2 is 2.31 bits per heavy atom. The van der Waals surface area contributed by atoms with Crippen LogP contribution in [0.4, 0.5) is 5.13 Å². The van der Waals surface area contributed by atoms with Crippen LogP contribution in [-0.4, -0.2) is 37.1 Å². The molecule has 0 fully saturated rings. The molecule has 0 aliphatic rings. The van der Waals surface area contributed by atoms with Crippen molar-refractivity contribution < 1.29 is 0 Å². The number of hydrogen-bond donors (Lipinski definition) is 1. The lowest BCUT2D eigenvalue weighted by Crippen LogP contribution is -2.29. The van der Waals surface area contributed by atoms with Crippen LogP contribution in [0.3, 0.4) is 0 Å². The van der Waals surface area contributed by atoms with E-state index in [1.54, 1.807) is 11.3 Å². The molecule has 1 rings (SSSR count). The Hall–Kier alpha value is -0.260. The lowest BCUT2D eigenvalue weighted by Gasteiger charge is -2.14. The number of rotatable bonds is 7. The Bertz CT molecular complexity index is 299. The van der Waals surface area contributed by atoms with Gasteiger partial charge in [-0.2, -0.15) is 11.8 Å². The first-order chi connectivity index (χ1) is 7.67. The normalized spacial score (nSPS) is 12.8. The molecule has 16 heavy (non-hydrogen) atoms. The van der Waals surface area contributed by atoms with Gasteiger partial charge in [-0.05, 0) is 12.7 Å². The predicted molar refractivity (Wildman–Crippen MR) is 75.7 cm³/mol. The van der Waals surface area contributed by atoms with Crippen molar-refractivity contribution in [1.82, 2.24) is 10.3 Å². The molecule has 0 radical (unpaired) electrons. The second kappa shape index (κ2) is 7.14. The maximum absolute atomic E-state index is 4.36. The van der Waals surface area contributed by atoms with Crippen molar-refractivity contribution in [1.29, 1.82) is 0 Å². The van der Waals surface area contributed by atoms with Crippen LogP contribution in [-0.2, 0) is 6.54 Å². The van der Waals surface area contributed by atoms with Gasteiger partial charge in [0.05, 0.1) is 0 Å². The molecule has 5 heteroatoms. The van der Waals surface area contributed by atoms with E-state index in [1.807, 2.05) is 37.0 Å². The maximum Gasteiger partial charge on any atom is 0.185 e. The highest BCUT2D eigenvalue weighted by molar-refractivity contribution is 7.98. The molecule has 92 valence electrons. The monoisotopic (exact) mass is 259 g/mol. The van der Waals surface area contributed by atoms with E-state index in [1.165, 1.54) is 17.1 Å². The van der Waals surface area contributed by atoms with Gasteiger partial charge < -0.3 is 10.2 Å². The summed E-state index contributed by atoms with van der Waals surface area (Å²) in [6.45, 7) is 3.16. The number of thioether (sulfide) groups is 1. The summed E-state index contributed by atoms with van der Waals surface area (Å²) in [4.78, 5) is 7.72. The van der Waals surface area contributed by atoms with E-state index in [9.17, 15) is 0 Å². The van der Waals surface area contributed by atoms with Crippen LogP contribution in [0.15, 0.2) is 6.20 Å². The number of anilines is 1. The number of hydrogen-bond acceptors (Lipinski definition) is 5. The maximum atomic E-state index is 4.36. The molecule has 1 heterocycles. The van der Waals surface area contributed by atoms with Gasteiger partial charge in [0.2, 0.25) is 0 Å². The molecule has 0 saturated heterocycles. The Morgan fingerprint density at radius 3 is 2.81 bits per heavy atom. The lowest BCUT2D eigenvalue weighted by molar-refractivity contribution is 0.544. The second-order valence-corrected chi connectivity index (χ2v) is 5.95. The third kappa shape index (κ3) is 4.31. The van der Waals surface area contributed by atoms with Crippen LogP contribution in [0, 0.1) is 0 Å². The molecule has 3 nitrogen and oxygen atoms in total. The SMILES string of the molecule is CCC(CSC)NCc1cnc(N(C)C)s1. The van der Waals surface area contributed by atoms with Gasteiger partial charge in [0.15, 0.2) is 5.13 Å². The summed E-state index contributed by atoms with van der Waals surface area (Å²) in [5.74, 6) is 1.18. The minimum absolute atomic E-state index is 0.611. The quantitative estimate of drug-likeness (QED) is 0.814. The van der Waals surface area contributed by atoms with Crippen LogP contribution < -0.4 is 10.2 Å². The third-order valence-electron chi connectivity index (χ3n) is 2.35. The van der Waals surface area contributed by atoms with Crippen LogP contribution in [0.25, 0.3) is 0 Å². The molecule has 0 amide bonds. The predicted octanol–water partition coefficient (Wildman–Crippen LogP) is 2.44. The van der Waals surface area contributed by atoms with Gasteiger partial charge in [-0.3, -0.25) is 0 Å². The lowest BCUT2D eigenvalue weighted by atomic mass is 10.2. The molecule has 0 aliphatic heterocycles. The summed E-state index contributed by atoms with van der Waals surface area (Å²) < 4.78 is 0. The smallest absolute Gasteiger partial charge is 0.185 e. The van der Waals surface area contributed by atoms with E-state index >= 15 is 0 Å². The third-order valence-corrected chi connectivity index (χ3v) is 4.25. The van der Waals surface area contributed by atoms with Crippen molar-refractivity contribution in [2.24, 2.45) is 0 Å². The molecule has 1 atom stereocenters. The summed E-state index contributed by atoms with van der Waals surface area (Å²) in [6.07, 6.45) is 5.31. The Kier molecular flexibility index (Phi) is 6.16. The first-order valence-electron chi connectivity index (χ1n) is 5.51. The Balaban J connectivity index is 2.41. The molecule has 0 saturated carbocycles. The van der Waals surface area contributed by atoms with Gasteiger partial charge in [-0.1, -0.05) is 6.92 Å². The minimum Gasteiger partial charge on any atom is -0.354 e. The van der Waals surface area contributed by atoms with E-state index in [2.05, 4.69) is 23.5 Å². The number of nitrogens with one attached hydrogen (secondary N) is 1. The van der Waals surface area contributed by atoms with E-state index < -0.39 is 0 Å². The summed E-state index contributed by atoms with van der Waals surface area (Å²) in [6, 6.07) is 0.611. The van der Waals surface area contributed by atoms with Gasteiger partial charge in [-0.25, -0.2) is 4.98 Å². The van der Waals surface area contributed by atoms with Crippen molar-refractivity contribution in [3.8, 4) is 0 Å². The summed E-state index contributed by atoms with van der Waals surface area (Å²) in [5, 5.41) is 4.65. The minimum atomic E-state index is 0.611. The Labute approximate surface area is 107 Å². The standard InChI is InChI=1S/C11H21N3S2/c1-5-9(8-15-4)12-6-10-7-13-11(16-10)14(2)3/h7,9,12H,5-6,8H2,1-4H3. The van der Waals surface area contributed by atoms with Crippen LogP contribution in [0.1, 0.15) is 18.2 Å². The number of nitrogens with zero attached hydrogens (tertiary/aromatic N) is 2. The first kappa shape index (κ1) is 13.8. The van der Waals surface area contributed by atoms with Gasteiger partial charge >= 0.3 is 0 Å². The highest BCUT2D eigenvalue weighted by Gasteiger charge is 2.07. The zero-order valence-corrected chi connectivity index (χ0v) is 12.1. The zero-order chi connectivity index (χ0) is 12.0. The molecule has 1 unspecified atom stereocenters.